The molecule has 1 aliphatic rings. The summed E-state index contributed by atoms with van der Waals surface area (Å²) < 4.78 is 52.1. The van der Waals surface area contributed by atoms with Crippen LogP contribution in [0.2, 0.25) is 5.02 Å². The minimum atomic E-state index is -3.74. The second-order valence-corrected chi connectivity index (χ2v) is 9.59. The van der Waals surface area contributed by atoms with E-state index >= 15 is 0 Å². The van der Waals surface area contributed by atoms with Crippen LogP contribution in [-0.4, -0.2) is 46.5 Å². The zero-order valence-corrected chi connectivity index (χ0v) is 14.8. The predicted octanol–water partition coefficient (Wildman–Crippen LogP) is 1.35. The number of nitrogens with one attached hydrogen (secondary N) is 1. The number of sulfonamides is 2. The van der Waals surface area contributed by atoms with Gasteiger partial charge in [-0.3, -0.25) is 0 Å². The molecule has 1 aromatic carbocycles. The maximum absolute atomic E-state index is 12.5. The molecule has 1 aliphatic heterocycles. The monoisotopic (exact) mass is 366 g/mol. The number of halogens is 1. The molecule has 2 rings (SSSR count). The molecule has 124 valence electrons. The van der Waals surface area contributed by atoms with E-state index in [0.717, 1.165) is 6.26 Å². The van der Waals surface area contributed by atoms with Gasteiger partial charge in [-0.25, -0.2) is 25.9 Å². The van der Waals surface area contributed by atoms with Crippen molar-refractivity contribution in [1.29, 1.82) is 0 Å². The molecule has 0 saturated carbocycles. The molecule has 1 fully saturated rings. The molecule has 6 nitrogen and oxygen atoms in total. The van der Waals surface area contributed by atoms with Crippen molar-refractivity contribution < 1.29 is 16.8 Å². The van der Waals surface area contributed by atoms with Crippen molar-refractivity contribution in [1.82, 2.24) is 9.03 Å². The molecule has 0 radical (unpaired) electrons. The lowest BCUT2D eigenvalue weighted by molar-refractivity contribution is 0.305. The Morgan fingerprint density at radius 1 is 1.27 bits per heavy atom. The Bertz CT molecular complexity index is 762. The van der Waals surface area contributed by atoms with Gasteiger partial charge in [0.05, 0.1) is 11.2 Å². The van der Waals surface area contributed by atoms with E-state index in [1.165, 1.54) is 10.4 Å². The van der Waals surface area contributed by atoms with Crippen LogP contribution >= 0.6 is 11.6 Å². The predicted molar refractivity (Wildman–Crippen MR) is 85.9 cm³/mol. The molecular formula is C13H19ClN2O4S2. The molecule has 1 atom stereocenters. The minimum absolute atomic E-state index is 0.122. The average Bonchev–Trinajstić information content (AvgIpc) is 2.40. The van der Waals surface area contributed by atoms with Crippen molar-refractivity contribution >= 4 is 31.6 Å². The van der Waals surface area contributed by atoms with E-state index in [9.17, 15) is 16.8 Å². The van der Waals surface area contributed by atoms with E-state index in [2.05, 4.69) is 4.72 Å². The summed E-state index contributed by atoms with van der Waals surface area (Å²) in [5, 5.41) is 0.340. The zero-order valence-electron chi connectivity index (χ0n) is 12.4. The molecule has 0 aliphatic carbocycles. The Labute approximate surface area is 136 Å². The first-order valence-electron chi connectivity index (χ1n) is 6.83. The van der Waals surface area contributed by atoms with Crippen molar-refractivity contribution in [2.75, 3.05) is 19.3 Å². The highest BCUT2D eigenvalue weighted by atomic mass is 35.5. The molecule has 0 spiro atoms. The van der Waals surface area contributed by atoms with Crippen LogP contribution < -0.4 is 4.72 Å². The van der Waals surface area contributed by atoms with Gasteiger partial charge in [0, 0.05) is 24.2 Å². The van der Waals surface area contributed by atoms with Crippen LogP contribution in [0.5, 0.6) is 0 Å². The summed E-state index contributed by atoms with van der Waals surface area (Å²) in [4.78, 5) is 0.122. The first-order valence-corrected chi connectivity index (χ1v) is 10.5. The highest BCUT2D eigenvalue weighted by Gasteiger charge is 2.29. The molecule has 1 N–H and O–H groups in total. The molecular weight excluding hydrogens is 348 g/mol. The standard InChI is InChI=1S/C13H19ClN2O4S2/c1-10-5-6-11(14)8-13(10)22(19,20)15-12-4-3-7-16(9-12)21(2,17)18/h5-6,8,12,15H,3-4,7,9H2,1-2H3. The molecule has 1 unspecified atom stereocenters. The van der Waals surface area contributed by atoms with Crippen molar-refractivity contribution in [3.8, 4) is 0 Å². The second-order valence-electron chi connectivity index (χ2n) is 5.49. The van der Waals surface area contributed by atoms with Gasteiger partial charge in [-0.1, -0.05) is 17.7 Å². The topological polar surface area (TPSA) is 83.6 Å². The molecule has 1 heterocycles. The molecule has 1 aromatic rings. The Balaban J connectivity index is 2.20. The quantitative estimate of drug-likeness (QED) is 0.871. The average molecular weight is 367 g/mol. The normalized spacial score (nSPS) is 21.0. The number of benzene rings is 1. The largest absolute Gasteiger partial charge is 0.241 e. The highest BCUT2D eigenvalue weighted by Crippen LogP contribution is 2.22. The number of piperidine rings is 1. The Hall–Kier alpha value is -0.670. The van der Waals surface area contributed by atoms with Gasteiger partial charge in [0.2, 0.25) is 20.0 Å². The number of aryl methyl sites for hydroxylation is 1. The molecule has 0 amide bonds. The Morgan fingerprint density at radius 3 is 2.59 bits per heavy atom. The number of nitrogens with zero attached hydrogens (tertiary/aromatic N) is 1. The van der Waals surface area contributed by atoms with Crippen LogP contribution in [-0.2, 0) is 20.0 Å². The summed E-state index contributed by atoms with van der Waals surface area (Å²) in [5.74, 6) is 0. The maximum Gasteiger partial charge on any atom is 0.241 e. The summed E-state index contributed by atoms with van der Waals surface area (Å²) in [7, 11) is -7.05. The molecule has 0 bridgehead atoms. The van der Waals surface area contributed by atoms with Gasteiger partial charge in [-0.2, -0.15) is 0 Å². The fourth-order valence-corrected chi connectivity index (χ4v) is 5.17. The summed E-state index contributed by atoms with van der Waals surface area (Å²) >= 11 is 5.87. The summed E-state index contributed by atoms with van der Waals surface area (Å²) in [6, 6.07) is 4.23. The molecule has 0 aromatic heterocycles. The van der Waals surface area contributed by atoms with E-state index in [1.807, 2.05) is 0 Å². The molecule has 22 heavy (non-hydrogen) atoms. The lowest BCUT2D eigenvalue weighted by atomic mass is 10.1. The number of hydrogen-bond donors (Lipinski definition) is 1. The third-order valence-corrected chi connectivity index (χ3v) is 6.78. The third kappa shape index (κ3) is 4.20. The van der Waals surface area contributed by atoms with Crippen LogP contribution in [0.15, 0.2) is 23.1 Å². The van der Waals surface area contributed by atoms with E-state index < -0.39 is 26.1 Å². The van der Waals surface area contributed by atoms with E-state index in [4.69, 9.17) is 11.6 Å². The van der Waals surface area contributed by atoms with Gasteiger partial charge in [0.15, 0.2) is 0 Å². The number of hydrogen-bond acceptors (Lipinski definition) is 4. The lowest BCUT2D eigenvalue weighted by Gasteiger charge is -2.31. The first-order chi connectivity index (χ1) is 10.1. The SMILES string of the molecule is Cc1ccc(Cl)cc1S(=O)(=O)NC1CCCN(S(C)(=O)=O)C1. The van der Waals surface area contributed by atoms with Gasteiger partial charge >= 0.3 is 0 Å². The van der Waals surface area contributed by atoms with E-state index in [-0.39, 0.29) is 11.4 Å². The van der Waals surface area contributed by atoms with Crippen molar-refractivity contribution in [3.63, 3.8) is 0 Å². The van der Waals surface area contributed by atoms with Gasteiger partial charge in [0.1, 0.15) is 0 Å². The van der Waals surface area contributed by atoms with Gasteiger partial charge in [-0.05, 0) is 37.5 Å². The maximum atomic E-state index is 12.5. The summed E-state index contributed by atoms with van der Waals surface area (Å²) in [6.07, 6.45) is 2.35. The van der Waals surface area contributed by atoms with E-state index in [1.54, 1.807) is 19.1 Å². The van der Waals surface area contributed by atoms with Gasteiger partial charge in [0.25, 0.3) is 0 Å². The smallest absolute Gasteiger partial charge is 0.213 e. The fraction of sp³-hybridized carbons (Fsp3) is 0.538. The second kappa shape index (κ2) is 6.45. The van der Waals surface area contributed by atoms with Crippen molar-refractivity contribution in [2.24, 2.45) is 0 Å². The van der Waals surface area contributed by atoms with Crippen LogP contribution in [0.3, 0.4) is 0 Å². The van der Waals surface area contributed by atoms with Crippen LogP contribution in [0.4, 0.5) is 0 Å². The van der Waals surface area contributed by atoms with Crippen LogP contribution in [0, 0.1) is 6.92 Å². The van der Waals surface area contributed by atoms with Crippen LogP contribution in [0.1, 0.15) is 18.4 Å². The third-order valence-electron chi connectivity index (χ3n) is 3.61. The zero-order chi connectivity index (χ0) is 16.5. The Morgan fingerprint density at radius 2 is 1.95 bits per heavy atom. The Kier molecular flexibility index (Phi) is 5.18. The minimum Gasteiger partial charge on any atom is -0.213 e. The molecule has 9 heteroatoms. The van der Waals surface area contributed by atoms with Crippen molar-refractivity contribution in [3.05, 3.63) is 28.8 Å². The summed E-state index contributed by atoms with van der Waals surface area (Å²) in [5.41, 5.74) is 0.590. The van der Waals surface area contributed by atoms with Crippen LogP contribution in [0.25, 0.3) is 0 Å². The number of rotatable bonds is 4. The fourth-order valence-electron chi connectivity index (χ4n) is 2.49. The lowest BCUT2D eigenvalue weighted by Crippen LogP contribution is -2.49. The van der Waals surface area contributed by atoms with Gasteiger partial charge < -0.3 is 0 Å². The van der Waals surface area contributed by atoms with Gasteiger partial charge in [-0.15, -0.1) is 0 Å². The summed E-state index contributed by atoms with van der Waals surface area (Å²) in [6.45, 7) is 2.26. The first kappa shape index (κ1) is 17.7. The van der Waals surface area contributed by atoms with E-state index in [0.29, 0.717) is 30.0 Å². The molecule has 1 saturated heterocycles. The van der Waals surface area contributed by atoms with Crippen molar-refractivity contribution in [2.45, 2.75) is 30.7 Å². The highest BCUT2D eigenvalue weighted by molar-refractivity contribution is 7.89.